The first-order chi connectivity index (χ1) is 11.0. The minimum atomic E-state index is 0.103. The number of piperidine rings is 1. The van der Waals surface area contributed by atoms with Gasteiger partial charge in [-0.2, -0.15) is 4.98 Å². The van der Waals surface area contributed by atoms with Crippen molar-refractivity contribution < 1.29 is 13.8 Å². The molecule has 1 fully saturated rings. The van der Waals surface area contributed by atoms with Crippen molar-refractivity contribution in [1.82, 2.24) is 20.2 Å². The average Bonchev–Trinajstić information content (AvgIpc) is 3.12. The molecule has 7 nitrogen and oxygen atoms in total. The Labute approximate surface area is 139 Å². The monoisotopic (exact) mass is 338 g/mol. The third-order valence-electron chi connectivity index (χ3n) is 4.21. The normalized spacial score (nSPS) is 18.4. The van der Waals surface area contributed by atoms with Crippen LogP contribution in [-0.4, -0.2) is 39.2 Å². The highest BCUT2D eigenvalue weighted by molar-refractivity contribution is 6.29. The molecule has 2 aromatic heterocycles. The van der Waals surface area contributed by atoms with Gasteiger partial charge in [-0.05, 0) is 37.8 Å². The number of amides is 1. The molecule has 1 saturated heterocycles. The lowest BCUT2D eigenvalue weighted by Gasteiger charge is -2.31. The van der Waals surface area contributed by atoms with E-state index in [1.165, 1.54) is 0 Å². The molecule has 3 heterocycles. The van der Waals surface area contributed by atoms with Gasteiger partial charge in [-0.15, -0.1) is 0 Å². The van der Waals surface area contributed by atoms with Gasteiger partial charge in [0.25, 0.3) is 0 Å². The van der Waals surface area contributed by atoms with Gasteiger partial charge in [0, 0.05) is 37.9 Å². The van der Waals surface area contributed by atoms with Crippen molar-refractivity contribution in [3.63, 3.8) is 0 Å². The van der Waals surface area contributed by atoms with Crippen LogP contribution in [0.2, 0.25) is 5.22 Å². The van der Waals surface area contributed by atoms with Crippen molar-refractivity contribution in [2.75, 3.05) is 13.1 Å². The predicted molar refractivity (Wildman–Crippen MR) is 82.2 cm³/mol. The molecule has 23 heavy (non-hydrogen) atoms. The molecule has 0 spiro atoms. The zero-order valence-electron chi connectivity index (χ0n) is 13.2. The summed E-state index contributed by atoms with van der Waals surface area (Å²) in [5.41, 5.74) is 1.55. The van der Waals surface area contributed by atoms with Gasteiger partial charge in [0.1, 0.15) is 0 Å². The second kappa shape index (κ2) is 6.70. The van der Waals surface area contributed by atoms with Gasteiger partial charge < -0.3 is 13.9 Å². The van der Waals surface area contributed by atoms with E-state index in [2.05, 4.69) is 15.3 Å². The Morgan fingerprint density at radius 1 is 1.35 bits per heavy atom. The number of carbonyl (C=O) groups is 1. The summed E-state index contributed by atoms with van der Waals surface area (Å²) < 4.78 is 9.95. The SMILES string of the molecule is Cc1nc(C2CCCN(C(=O)CCc3c(C)noc3Cl)C2)no1. The molecule has 1 atom stereocenters. The number of carbonyl (C=O) groups excluding carboxylic acids is 1. The fourth-order valence-electron chi connectivity index (χ4n) is 2.93. The Hall–Kier alpha value is -1.89. The second-order valence-corrected chi connectivity index (χ2v) is 6.21. The molecule has 2 aromatic rings. The molecule has 3 rings (SSSR count). The standard InChI is InChI=1S/C15H19ClN4O3/c1-9-12(14(16)23-18-9)5-6-13(21)20-7-3-4-11(8-20)15-17-10(2)22-19-15/h11H,3-8H2,1-2H3. The summed E-state index contributed by atoms with van der Waals surface area (Å²) in [6.07, 6.45) is 2.84. The quantitative estimate of drug-likeness (QED) is 0.852. The third kappa shape index (κ3) is 3.55. The molecule has 1 unspecified atom stereocenters. The van der Waals surface area contributed by atoms with Crippen LogP contribution in [0.3, 0.4) is 0 Å². The van der Waals surface area contributed by atoms with E-state index in [0.717, 1.165) is 30.6 Å². The maximum Gasteiger partial charge on any atom is 0.229 e. The summed E-state index contributed by atoms with van der Waals surface area (Å²) in [6, 6.07) is 0. The summed E-state index contributed by atoms with van der Waals surface area (Å²) in [5.74, 6) is 1.50. The van der Waals surface area contributed by atoms with Crippen molar-refractivity contribution in [1.29, 1.82) is 0 Å². The fourth-order valence-corrected chi connectivity index (χ4v) is 3.19. The number of aryl methyl sites for hydroxylation is 2. The van der Waals surface area contributed by atoms with Gasteiger partial charge >= 0.3 is 0 Å². The largest absolute Gasteiger partial charge is 0.344 e. The Bertz CT molecular complexity index is 677. The number of hydrogen-bond donors (Lipinski definition) is 0. The first-order valence-corrected chi connectivity index (χ1v) is 8.11. The molecule has 0 aliphatic carbocycles. The van der Waals surface area contributed by atoms with Crippen LogP contribution >= 0.6 is 11.6 Å². The lowest BCUT2D eigenvalue weighted by molar-refractivity contribution is -0.132. The van der Waals surface area contributed by atoms with Gasteiger partial charge in [-0.1, -0.05) is 10.3 Å². The second-order valence-electron chi connectivity index (χ2n) is 5.87. The lowest BCUT2D eigenvalue weighted by Crippen LogP contribution is -2.39. The van der Waals surface area contributed by atoms with E-state index < -0.39 is 0 Å². The van der Waals surface area contributed by atoms with Crippen LogP contribution in [0.15, 0.2) is 9.05 Å². The van der Waals surface area contributed by atoms with Crippen LogP contribution in [0.5, 0.6) is 0 Å². The maximum absolute atomic E-state index is 12.5. The Balaban J connectivity index is 1.59. The van der Waals surface area contributed by atoms with E-state index >= 15 is 0 Å². The van der Waals surface area contributed by atoms with E-state index in [9.17, 15) is 4.79 Å². The number of rotatable bonds is 4. The van der Waals surface area contributed by atoms with Crippen molar-refractivity contribution in [3.05, 3.63) is 28.2 Å². The molecule has 1 aliphatic heterocycles. The summed E-state index contributed by atoms with van der Waals surface area (Å²) in [4.78, 5) is 18.6. The average molecular weight is 339 g/mol. The highest BCUT2D eigenvalue weighted by atomic mass is 35.5. The van der Waals surface area contributed by atoms with E-state index in [-0.39, 0.29) is 17.0 Å². The fraction of sp³-hybridized carbons (Fsp3) is 0.600. The lowest BCUT2D eigenvalue weighted by atomic mass is 9.97. The molecular weight excluding hydrogens is 320 g/mol. The number of halogens is 1. The summed E-state index contributed by atoms with van der Waals surface area (Å²) in [6.45, 7) is 4.99. The van der Waals surface area contributed by atoms with Gasteiger partial charge in [-0.3, -0.25) is 4.79 Å². The third-order valence-corrected chi connectivity index (χ3v) is 4.51. The smallest absolute Gasteiger partial charge is 0.229 e. The zero-order chi connectivity index (χ0) is 16.4. The molecule has 0 bridgehead atoms. The number of aromatic nitrogens is 3. The van der Waals surface area contributed by atoms with Gasteiger partial charge in [0.05, 0.1) is 5.69 Å². The zero-order valence-corrected chi connectivity index (χ0v) is 14.0. The summed E-state index contributed by atoms with van der Waals surface area (Å²) in [5, 5.41) is 8.06. The van der Waals surface area contributed by atoms with Gasteiger partial charge in [-0.25, -0.2) is 0 Å². The summed E-state index contributed by atoms with van der Waals surface area (Å²) >= 11 is 5.94. The van der Waals surface area contributed by atoms with Gasteiger partial charge in [0.15, 0.2) is 5.82 Å². The van der Waals surface area contributed by atoms with Crippen molar-refractivity contribution >= 4 is 17.5 Å². The molecular formula is C15H19ClN4O3. The first-order valence-electron chi connectivity index (χ1n) is 7.73. The van der Waals surface area contributed by atoms with Crippen LogP contribution in [0.25, 0.3) is 0 Å². The molecule has 8 heteroatoms. The van der Waals surface area contributed by atoms with Crippen LogP contribution in [-0.2, 0) is 11.2 Å². The number of nitrogens with zero attached hydrogens (tertiary/aromatic N) is 4. The molecule has 0 N–H and O–H groups in total. The predicted octanol–water partition coefficient (Wildman–Crippen LogP) is 2.67. The molecule has 0 saturated carbocycles. The number of likely N-dealkylation sites (tertiary alicyclic amines) is 1. The minimum absolute atomic E-state index is 0.103. The first kappa shape index (κ1) is 16.0. The topological polar surface area (TPSA) is 85.3 Å². The highest BCUT2D eigenvalue weighted by Crippen LogP contribution is 2.26. The van der Waals surface area contributed by atoms with Crippen molar-refractivity contribution in [2.45, 2.75) is 45.4 Å². The van der Waals surface area contributed by atoms with E-state index in [0.29, 0.717) is 31.1 Å². The molecule has 1 aliphatic rings. The van der Waals surface area contributed by atoms with Crippen molar-refractivity contribution in [3.8, 4) is 0 Å². The van der Waals surface area contributed by atoms with Crippen LogP contribution in [0.4, 0.5) is 0 Å². The Morgan fingerprint density at radius 2 is 2.17 bits per heavy atom. The van der Waals surface area contributed by atoms with E-state index in [1.54, 1.807) is 6.92 Å². The van der Waals surface area contributed by atoms with Crippen molar-refractivity contribution in [2.24, 2.45) is 0 Å². The van der Waals surface area contributed by atoms with Gasteiger partial charge in [0.2, 0.25) is 17.0 Å². The molecule has 0 radical (unpaired) electrons. The van der Waals surface area contributed by atoms with E-state index in [1.807, 2.05) is 11.8 Å². The Morgan fingerprint density at radius 3 is 2.83 bits per heavy atom. The highest BCUT2D eigenvalue weighted by Gasteiger charge is 2.27. The molecule has 1 amide bonds. The maximum atomic E-state index is 12.5. The minimum Gasteiger partial charge on any atom is -0.344 e. The van der Waals surface area contributed by atoms with Crippen LogP contribution < -0.4 is 0 Å². The molecule has 124 valence electrons. The van der Waals surface area contributed by atoms with Crippen LogP contribution in [0.1, 0.15) is 48.2 Å². The van der Waals surface area contributed by atoms with Crippen LogP contribution in [0, 0.1) is 13.8 Å². The Kier molecular flexibility index (Phi) is 4.66. The number of hydrogen-bond acceptors (Lipinski definition) is 6. The summed E-state index contributed by atoms with van der Waals surface area (Å²) in [7, 11) is 0. The molecule has 0 aromatic carbocycles. The van der Waals surface area contributed by atoms with E-state index in [4.69, 9.17) is 20.6 Å².